The molecule has 1 unspecified atom stereocenters. The zero-order valence-electron chi connectivity index (χ0n) is 15.5. The van der Waals surface area contributed by atoms with Gasteiger partial charge in [0.25, 0.3) is 5.91 Å². The van der Waals surface area contributed by atoms with Crippen LogP contribution in [0.25, 0.3) is 0 Å². The minimum absolute atomic E-state index is 0.0288. The number of carbonyl (C=O) groups is 1. The van der Waals surface area contributed by atoms with E-state index in [2.05, 4.69) is 5.32 Å². The summed E-state index contributed by atoms with van der Waals surface area (Å²) < 4.78 is 28.3. The number of methoxy groups -OCH3 is 1. The molecule has 2 aromatic carbocycles. The number of hydrogen-bond donors (Lipinski definition) is 1. The highest BCUT2D eigenvalue weighted by Crippen LogP contribution is 2.31. The Balaban J connectivity index is 1.85. The van der Waals surface area contributed by atoms with Crippen molar-refractivity contribution in [3.8, 4) is 5.75 Å². The van der Waals surface area contributed by atoms with Gasteiger partial charge in [0.2, 0.25) is 0 Å². The molecule has 1 N–H and O–H groups in total. The molecule has 1 heterocycles. The minimum Gasteiger partial charge on any atom is -0.496 e. The maximum Gasteiger partial charge on any atom is 0.254 e. The number of nitrogens with one attached hydrogen (secondary N) is 1. The van der Waals surface area contributed by atoms with E-state index in [1.165, 1.54) is 6.26 Å². The van der Waals surface area contributed by atoms with E-state index < -0.39 is 9.84 Å². The van der Waals surface area contributed by atoms with Crippen LogP contribution in [0.3, 0.4) is 0 Å². The van der Waals surface area contributed by atoms with Gasteiger partial charge in [-0.05, 0) is 23.8 Å². The van der Waals surface area contributed by atoms with Crippen LogP contribution in [0.4, 0.5) is 0 Å². The van der Waals surface area contributed by atoms with Crippen LogP contribution in [0.1, 0.15) is 27.5 Å². The van der Waals surface area contributed by atoms with Gasteiger partial charge in [-0.3, -0.25) is 4.79 Å². The van der Waals surface area contributed by atoms with E-state index >= 15 is 0 Å². The van der Waals surface area contributed by atoms with Crippen molar-refractivity contribution in [1.82, 2.24) is 10.2 Å². The lowest BCUT2D eigenvalue weighted by Gasteiger charge is -2.37. The SMILES string of the molecule is COc1ccccc1C1CNCCN1C(=O)c1ccc(CS(C)(=O)=O)cc1. The topological polar surface area (TPSA) is 75.7 Å². The number of ether oxygens (including phenoxy) is 1. The van der Waals surface area contributed by atoms with Crippen LogP contribution in [0, 0.1) is 0 Å². The molecule has 1 fully saturated rings. The third kappa shape index (κ3) is 4.67. The van der Waals surface area contributed by atoms with Gasteiger partial charge in [0.1, 0.15) is 5.75 Å². The molecular weight excluding hydrogens is 364 g/mol. The van der Waals surface area contributed by atoms with Crippen LogP contribution in [0.5, 0.6) is 5.75 Å². The van der Waals surface area contributed by atoms with Crippen molar-refractivity contribution < 1.29 is 17.9 Å². The zero-order chi connectivity index (χ0) is 19.4. The molecule has 2 aromatic rings. The highest BCUT2D eigenvalue weighted by molar-refractivity contribution is 7.89. The number of benzene rings is 2. The molecule has 7 heteroatoms. The van der Waals surface area contributed by atoms with Gasteiger partial charge >= 0.3 is 0 Å². The Hall–Kier alpha value is -2.38. The number of nitrogens with zero attached hydrogens (tertiary/aromatic N) is 1. The summed E-state index contributed by atoms with van der Waals surface area (Å²) in [7, 11) is -1.47. The number of carbonyl (C=O) groups excluding carboxylic acids is 1. The molecule has 0 spiro atoms. The second-order valence-corrected chi connectivity index (χ2v) is 8.87. The van der Waals surface area contributed by atoms with Gasteiger partial charge < -0.3 is 15.0 Å². The molecule has 6 nitrogen and oxygen atoms in total. The molecule has 1 aliphatic heterocycles. The fourth-order valence-electron chi connectivity index (χ4n) is 3.38. The van der Waals surface area contributed by atoms with Crippen molar-refractivity contribution in [3.63, 3.8) is 0 Å². The number of piperazine rings is 1. The first kappa shape index (κ1) is 19.4. The summed E-state index contributed by atoms with van der Waals surface area (Å²) in [5.74, 6) is 0.657. The minimum atomic E-state index is -3.10. The molecule has 27 heavy (non-hydrogen) atoms. The summed E-state index contributed by atoms with van der Waals surface area (Å²) in [5.41, 5.74) is 2.19. The lowest BCUT2D eigenvalue weighted by molar-refractivity contribution is 0.0631. The Bertz CT molecular complexity index is 910. The smallest absolute Gasteiger partial charge is 0.254 e. The van der Waals surface area contributed by atoms with Crippen LogP contribution in [0.2, 0.25) is 0 Å². The molecule has 144 valence electrons. The van der Waals surface area contributed by atoms with E-state index in [4.69, 9.17) is 4.74 Å². The standard InChI is InChI=1S/C20H24N2O4S/c1-26-19-6-4-3-5-17(19)18-13-21-11-12-22(18)20(23)16-9-7-15(8-10-16)14-27(2,24)25/h3-10,18,21H,11-14H2,1-2H3. The molecule has 1 aliphatic rings. The van der Waals surface area contributed by atoms with E-state index in [0.29, 0.717) is 24.2 Å². The molecule has 0 bridgehead atoms. The lowest BCUT2D eigenvalue weighted by Crippen LogP contribution is -2.48. The summed E-state index contributed by atoms with van der Waals surface area (Å²) >= 11 is 0. The molecule has 0 aromatic heterocycles. The van der Waals surface area contributed by atoms with Gasteiger partial charge in [-0.1, -0.05) is 30.3 Å². The normalized spacial score (nSPS) is 17.6. The Morgan fingerprint density at radius 1 is 1.19 bits per heavy atom. The van der Waals surface area contributed by atoms with Crippen molar-refractivity contribution >= 4 is 15.7 Å². The first-order valence-electron chi connectivity index (χ1n) is 8.80. The van der Waals surface area contributed by atoms with E-state index in [9.17, 15) is 13.2 Å². The summed E-state index contributed by atoms with van der Waals surface area (Å²) in [6, 6.07) is 14.4. The maximum absolute atomic E-state index is 13.1. The number of hydrogen-bond acceptors (Lipinski definition) is 5. The van der Waals surface area contributed by atoms with Crippen LogP contribution in [0.15, 0.2) is 48.5 Å². The Morgan fingerprint density at radius 3 is 2.56 bits per heavy atom. The summed E-state index contributed by atoms with van der Waals surface area (Å²) in [6.45, 7) is 1.97. The van der Waals surface area contributed by atoms with Gasteiger partial charge in [-0.15, -0.1) is 0 Å². The largest absolute Gasteiger partial charge is 0.496 e. The van der Waals surface area contributed by atoms with Crippen molar-refractivity contribution in [1.29, 1.82) is 0 Å². The van der Waals surface area contributed by atoms with Crippen molar-refractivity contribution in [2.45, 2.75) is 11.8 Å². The predicted molar refractivity (Wildman–Crippen MR) is 105 cm³/mol. The fourth-order valence-corrected chi connectivity index (χ4v) is 4.18. The van der Waals surface area contributed by atoms with Crippen molar-refractivity contribution in [2.24, 2.45) is 0 Å². The van der Waals surface area contributed by atoms with Crippen molar-refractivity contribution in [2.75, 3.05) is 33.0 Å². The van der Waals surface area contributed by atoms with E-state index in [1.807, 2.05) is 29.2 Å². The second kappa shape index (κ2) is 8.10. The molecule has 0 radical (unpaired) electrons. The van der Waals surface area contributed by atoms with Gasteiger partial charge in [0.05, 0.1) is 18.9 Å². The van der Waals surface area contributed by atoms with Crippen LogP contribution in [-0.4, -0.2) is 52.2 Å². The number of sulfone groups is 1. The quantitative estimate of drug-likeness (QED) is 0.848. The molecule has 0 aliphatic carbocycles. The third-order valence-electron chi connectivity index (χ3n) is 4.63. The predicted octanol–water partition coefficient (Wildman–Crippen LogP) is 2.03. The average Bonchev–Trinajstić information content (AvgIpc) is 2.67. The average molecular weight is 388 g/mol. The zero-order valence-corrected chi connectivity index (χ0v) is 16.3. The third-order valence-corrected chi connectivity index (χ3v) is 5.49. The Morgan fingerprint density at radius 2 is 1.89 bits per heavy atom. The van der Waals surface area contributed by atoms with Gasteiger partial charge in [0.15, 0.2) is 9.84 Å². The number of rotatable bonds is 5. The Labute approximate surface area is 160 Å². The van der Waals surface area contributed by atoms with E-state index in [1.54, 1.807) is 31.4 Å². The van der Waals surface area contributed by atoms with Crippen molar-refractivity contribution in [3.05, 3.63) is 65.2 Å². The highest BCUT2D eigenvalue weighted by Gasteiger charge is 2.30. The van der Waals surface area contributed by atoms with Gasteiger partial charge in [-0.2, -0.15) is 0 Å². The Kier molecular flexibility index (Phi) is 5.82. The number of amides is 1. The van der Waals surface area contributed by atoms with Crippen LogP contribution >= 0.6 is 0 Å². The first-order chi connectivity index (χ1) is 12.9. The second-order valence-electron chi connectivity index (χ2n) is 6.73. The van der Waals surface area contributed by atoms with Crippen LogP contribution < -0.4 is 10.1 Å². The molecule has 0 saturated carbocycles. The fraction of sp³-hybridized carbons (Fsp3) is 0.350. The first-order valence-corrected chi connectivity index (χ1v) is 10.9. The highest BCUT2D eigenvalue weighted by atomic mass is 32.2. The van der Waals surface area contributed by atoms with E-state index in [-0.39, 0.29) is 17.7 Å². The van der Waals surface area contributed by atoms with Crippen LogP contribution in [-0.2, 0) is 15.6 Å². The summed E-state index contributed by atoms with van der Waals surface area (Å²) in [6.07, 6.45) is 1.20. The van der Waals surface area contributed by atoms with Gasteiger partial charge in [-0.25, -0.2) is 8.42 Å². The molecule has 1 amide bonds. The molecule has 3 rings (SSSR count). The van der Waals surface area contributed by atoms with Gasteiger partial charge in [0, 0.05) is 37.0 Å². The molecular formula is C20H24N2O4S. The molecule has 1 atom stereocenters. The lowest BCUT2D eigenvalue weighted by atomic mass is 10.0. The van der Waals surface area contributed by atoms with E-state index in [0.717, 1.165) is 17.9 Å². The number of para-hydroxylation sites is 1. The summed E-state index contributed by atoms with van der Waals surface area (Å²) in [5, 5.41) is 3.34. The maximum atomic E-state index is 13.1. The summed E-state index contributed by atoms with van der Waals surface area (Å²) in [4.78, 5) is 15.0. The monoisotopic (exact) mass is 388 g/mol. The molecule has 1 saturated heterocycles.